The zero-order valence-corrected chi connectivity index (χ0v) is 9.98. The van der Waals surface area contributed by atoms with Crippen LogP contribution in [0.2, 0.25) is 0 Å². The van der Waals surface area contributed by atoms with Crippen LogP contribution in [-0.4, -0.2) is 18.0 Å². The van der Waals surface area contributed by atoms with Gasteiger partial charge in [0, 0.05) is 12.2 Å². The first-order valence-corrected chi connectivity index (χ1v) is 5.74. The number of unbranched alkanes of at least 4 members (excludes halogenated alkanes) is 1. The molecule has 0 bridgehead atoms. The first-order chi connectivity index (χ1) is 7.74. The van der Waals surface area contributed by atoms with Crippen LogP contribution in [-0.2, 0) is 16.1 Å². The van der Waals surface area contributed by atoms with Crippen molar-refractivity contribution in [2.45, 2.75) is 39.6 Å². The topological polar surface area (TPSA) is 38.7 Å². The monoisotopic (exact) mass is 224 g/mol. The van der Waals surface area contributed by atoms with Gasteiger partial charge in [-0.3, -0.25) is 0 Å². The van der Waals surface area contributed by atoms with Crippen molar-refractivity contribution in [2.24, 2.45) is 0 Å². The highest BCUT2D eigenvalue weighted by molar-refractivity contribution is 5.30. The van der Waals surface area contributed by atoms with Crippen molar-refractivity contribution in [3.8, 4) is 5.75 Å². The fourth-order valence-electron chi connectivity index (χ4n) is 1.28. The lowest BCUT2D eigenvalue weighted by Gasteiger charge is -2.14. The molecule has 0 spiro atoms. The SMILES string of the molecule is CCCCOC(C)OCc1ccccc1O. The zero-order valence-electron chi connectivity index (χ0n) is 9.98. The van der Waals surface area contributed by atoms with Gasteiger partial charge in [-0.05, 0) is 19.4 Å². The van der Waals surface area contributed by atoms with Gasteiger partial charge in [0.2, 0.25) is 0 Å². The Bertz CT molecular complexity index is 299. The number of phenolic OH excluding ortho intramolecular Hbond substituents is 1. The Morgan fingerprint density at radius 1 is 1.25 bits per heavy atom. The summed E-state index contributed by atoms with van der Waals surface area (Å²) in [6, 6.07) is 7.16. The van der Waals surface area contributed by atoms with Gasteiger partial charge in [0.15, 0.2) is 6.29 Å². The number of rotatable bonds is 7. The van der Waals surface area contributed by atoms with Crippen LogP contribution in [0.5, 0.6) is 5.75 Å². The molecular weight excluding hydrogens is 204 g/mol. The van der Waals surface area contributed by atoms with E-state index >= 15 is 0 Å². The second-order valence-corrected chi connectivity index (χ2v) is 3.73. The van der Waals surface area contributed by atoms with E-state index in [0.29, 0.717) is 6.61 Å². The van der Waals surface area contributed by atoms with Crippen molar-refractivity contribution < 1.29 is 14.6 Å². The van der Waals surface area contributed by atoms with Crippen LogP contribution in [0.3, 0.4) is 0 Å². The Hall–Kier alpha value is -1.06. The van der Waals surface area contributed by atoms with Gasteiger partial charge in [-0.25, -0.2) is 0 Å². The van der Waals surface area contributed by atoms with Gasteiger partial charge in [-0.2, -0.15) is 0 Å². The summed E-state index contributed by atoms with van der Waals surface area (Å²) in [4.78, 5) is 0. The summed E-state index contributed by atoms with van der Waals surface area (Å²) in [6.45, 7) is 5.09. The predicted molar refractivity (Wildman–Crippen MR) is 63.2 cm³/mol. The molecule has 0 heterocycles. The first kappa shape index (κ1) is 13.0. The molecule has 16 heavy (non-hydrogen) atoms. The number of para-hydroxylation sites is 1. The molecule has 1 N–H and O–H groups in total. The summed E-state index contributed by atoms with van der Waals surface area (Å²) in [6.07, 6.45) is 1.93. The van der Waals surface area contributed by atoms with E-state index in [1.54, 1.807) is 12.1 Å². The molecule has 1 aromatic carbocycles. The van der Waals surface area contributed by atoms with E-state index < -0.39 is 0 Å². The molecular formula is C13H20O3. The average Bonchev–Trinajstić information content (AvgIpc) is 2.28. The third kappa shape index (κ3) is 4.64. The third-order valence-electron chi connectivity index (χ3n) is 2.32. The Morgan fingerprint density at radius 3 is 2.69 bits per heavy atom. The normalized spacial score (nSPS) is 12.6. The zero-order chi connectivity index (χ0) is 11.8. The molecule has 1 rings (SSSR count). The molecule has 0 aliphatic rings. The highest BCUT2D eigenvalue weighted by Crippen LogP contribution is 2.17. The van der Waals surface area contributed by atoms with E-state index in [1.165, 1.54) is 0 Å². The number of benzene rings is 1. The lowest BCUT2D eigenvalue weighted by Crippen LogP contribution is -2.13. The molecule has 0 amide bonds. The van der Waals surface area contributed by atoms with Crippen molar-refractivity contribution in [1.82, 2.24) is 0 Å². The number of hydrogen-bond acceptors (Lipinski definition) is 3. The van der Waals surface area contributed by atoms with Crippen LogP contribution in [0.25, 0.3) is 0 Å². The molecule has 0 fully saturated rings. The van der Waals surface area contributed by atoms with Gasteiger partial charge >= 0.3 is 0 Å². The lowest BCUT2D eigenvalue weighted by molar-refractivity contribution is -0.138. The molecule has 0 saturated carbocycles. The Labute approximate surface area is 97.0 Å². The number of aromatic hydroxyl groups is 1. The lowest BCUT2D eigenvalue weighted by atomic mass is 10.2. The largest absolute Gasteiger partial charge is 0.508 e. The van der Waals surface area contributed by atoms with Crippen LogP contribution in [0.4, 0.5) is 0 Å². The fourth-order valence-corrected chi connectivity index (χ4v) is 1.28. The van der Waals surface area contributed by atoms with Crippen LogP contribution >= 0.6 is 0 Å². The van der Waals surface area contributed by atoms with E-state index in [0.717, 1.165) is 25.0 Å². The molecule has 0 aromatic heterocycles. The summed E-state index contributed by atoms with van der Waals surface area (Å²) >= 11 is 0. The van der Waals surface area contributed by atoms with Crippen LogP contribution < -0.4 is 0 Å². The van der Waals surface area contributed by atoms with Gasteiger partial charge < -0.3 is 14.6 Å². The minimum Gasteiger partial charge on any atom is -0.508 e. The highest BCUT2D eigenvalue weighted by Gasteiger charge is 2.04. The van der Waals surface area contributed by atoms with Gasteiger partial charge in [0.1, 0.15) is 5.75 Å². The Morgan fingerprint density at radius 2 is 2.00 bits per heavy atom. The molecule has 3 heteroatoms. The van der Waals surface area contributed by atoms with Crippen molar-refractivity contribution in [2.75, 3.05) is 6.61 Å². The minimum absolute atomic E-state index is 0.230. The summed E-state index contributed by atoms with van der Waals surface area (Å²) in [7, 11) is 0. The van der Waals surface area contributed by atoms with E-state index in [9.17, 15) is 5.11 Å². The summed E-state index contributed by atoms with van der Waals surface area (Å²) in [5.74, 6) is 0.267. The maximum absolute atomic E-state index is 9.52. The molecule has 0 aliphatic heterocycles. The van der Waals surface area contributed by atoms with Crippen molar-refractivity contribution >= 4 is 0 Å². The molecule has 3 nitrogen and oxygen atoms in total. The fraction of sp³-hybridized carbons (Fsp3) is 0.538. The van der Waals surface area contributed by atoms with Crippen LogP contribution in [0.15, 0.2) is 24.3 Å². The van der Waals surface area contributed by atoms with Gasteiger partial charge in [-0.15, -0.1) is 0 Å². The van der Waals surface area contributed by atoms with Gasteiger partial charge in [0.05, 0.1) is 6.61 Å². The van der Waals surface area contributed by atoms with Crippen LogP contribution in [0, 0.1) is 0 Å². The Kier molecular flexibility index (Phi) is 5.90. The van der Waals surface area contributed by atoms with E-state index in [2.05, 4.69) is 6.92 Å². The molecule has 0 saturated heterocycles. The summed E-state index contributed by atoms with van der Waals surface area (Å²) < 4.78 is 10.9. The maximum Gasteiger partial charge on any atom is 0.155 e. The van der Waals surface area contributed by atoms with E-state index in [4.69, 9.17) is 9.47 Å². The second kappa shape index (κ2) is 7.25. The van der Waals surface area contributed by atoms with Crippen molar-refractivity contribution in [3.63, 3.8) is 0 Å². The van der Waals surface area contributed by atoms with E-state index in [1.807, 2.05) is 19.1 Å². The van der Waals surface area contributed by atoms with E-state index in [-0.39, 0.29) is 12.0 Å². The predicted octanol–water partition coefficient (Wildman–Crippen LogP) is 3.07. The van der Waals surface area contributed by atoms with Gasteiger partial charge in [0.25, 0.3) is 0 Å². The molecule has 0 radical (unpaired) electrons. The molecule has 1 aromatic rings. The summed E-state index contributed by atoms with van der Waals surface area (Å²) in [5, 5.41) is 9.52. The maximum atomic E-state index is 9.52. The standard InChI is InChI=1S/C13H20O3/c1-3-4-9-15-11(2)16-10-12-7-5-6-8-13(12)14/h5-8,11,14H,3-4,9-10H2,1-2H3. The Balaban J connectivity index is 2.26. The highest BCUT2D eigenvalue weighted by atomic mass is 16.7. The van der Waals surface area contributed by atoms with Gasteiger partial charge in [-0.1, -0.05) is 31.5 Å². The number of phenols is 1. The van der Waals surface area contributed by atoms with Crippen LogP contribution in [0.1, 0.15) is 32.3 Å². The minimum atomic E-state index is -0.230. The first-order valence-electron chi connectivity index (χ1n) is 5.74. The van der Waals surface area contributed by atoms with Crippen molar-refractivity contribution in [3.05, 3.63) is 29.8 Å². The molecule has 0 aliphatic carbocycles. The number of hydrogen-bond donors (Lipinski definition) is 1. The molecule has 1 atom stereocenters. The number of ether oxygens (including phenoxy) is 2. The smallest absolute Gasteiger partial charge is 0.155 e. The molecule has 1 unspecified atom stereocenters. The molecule has 90 valence electrons. The third-order valence-corrected chi connectivity index (χ3v) is 2.32. The average molecular weight is 224 g/mol. The quantitative estimate of drug-likeness (QED) is 0.571. The second-order valence-electron chi connectivity index (χ2n) is 3.73. The van der Waals surface area contributed by atoms with Crippen molar-refractivity contribution in [1.29, 1.82) is 0 Å². The summed E-state index contributed by atoms with van der Waals surface area (Å²) in [5.41, 5.74) is 0.786.